The monoisotopic (exact) mass is 335 g/mol. The molecule has 1 N–H and O–H groups in total. The standard InChI is InChI=1S/C17H17NO2S.ClH/c1-18-10-5-11-20-14-8-4-7-13-16(19)12-6-2-3-9-15(12)21-17(13)14;/h2-4,6-9,18H,5,10-11H2,1H3;1H. The van der Waals surface area contributed by atoms with Crippen molar-refractivity contribution in [1.82, 2.24) is 5.32 Å². The van der Waals surface area contributed by atoms with Gasteiger partial charge < -0.3 is 10.1 Å². The highest BCUT2D eigenvalue weighted by atomic mass is 35.5. The average molecular weight is 336 g/mol. The van der Waals surface area contributed by atoms with Crippen LogP contribution in [0.15, 0.2) is 47.3 Å². The highest BCUT2D eigenvalue weighted by Gasteiger charge is 2.09. The van der Waals surface area contributed by atoms with Gasteiger partial charge in [-0.3, -0.25) is 4.79 Å². The second-order valence-electron chi connectivity index (χ2n) is 4.87. The molecule has 0 unspecified atom stereocenters. The Labute approximate surface area is 139 Å². The van der Waals surface area contributed by atoms with E-state index in [1.165, 1.54) is 0 Å². The predicted octanol–water partition coefficient (Wildman–Crippen LogP) is 3.82. The minimum atomic E-state index is 0. The first-order valence-corrected chi connectivity index (χ1v) is 7.85. The Hall–Kier alpha value is -1.62. The molecule has 22 heavy (non-hydrogen) atoms. The smallest absolute Gasteiger partial charge is 0.196 e. The van der Waals surface area contributed by atoms with Crippen LogP contribution < -0.4 is 15.5 Å². The van der Waals surface area contributed by atoms with E-state index >= 15 is 0 Å². The normalized spacial score (nSPS) is 10.6. The second-order valence-corrected chi connectivity index (χ2v) is 5.92. The van der Waals surface area contributed by atoms with Gasteiger partial charge in [0.05, 0.1) is 11.3 Å². The van der Waals surface area contributed by atoms with Crippen LogP contribution in [0.3, 0.4) is 0 Å². The van der Waals surface area contributed by atoms with Crippen molar-refractivity contribution < 1.29 is 4.74 Å². The topological polar surface area (TPSA) is 38.3 Å². The zero-order valence-corrected chi connectivity index (χ0v) is 13.9. The van der Waals surface area contributed by atoms with Crippen LogP contribution in [0.25, 0.3) is 20.2 Å². The number of halogens is 1. The Bertz CT molecular complexity index is 832. The van der Waals surface area contributed by atoms with Gasteiger partial charge in [-0.1, -0.05) is 18.2 Å². The van der Waals surface area contributed by atoms with Crippen LogP contribution in [0.2, 0.25) is 0 Å². The van der Waals surface area contributed by atoms with E-state index in [0.717, 1.165) is 38.9 Å². The summed E-state index contributed by atoms with van der Waals surface area (Å²) in [6.45, 7) is 1.57. The van der Waals surface area contributed by atoms with E-state index in [0.29, 0.717) is 6.61 Å². The van der Waals surface area contributed by atoms with Gasteiger partial charge in [0.15, 0.2) is 5.43 Å². The predicted molar refractivity (Wildman–Crippen MR) is 96.9 cm³/mol. The maximum absolute atomic E-state index is 12.6. The Morgan fingerprint density at radius 3 is 2.68 bits per heavy atom. The fraction of sp³-hybridized carbons (Fsp3) is 0.235. The number of hydrogen-bond acceptors (Lipinski definition) is 4. The lowest BCUT2D eigenvalue weighted by atomic mass is 10.2. The number of fused-ring (bicyclic) bond motifs is 2. The third-order valence-electron chi connectivity index (χ3n) is 3.40. The maximum Gasteiger partial charge on any atom is 0.196 e. The molecule has 0 saturated carbocycles. The molecular weight excluding hydrogens is 318 g/mol. The second kappa shape index (κ2) is 7.58. The lowest BCUT2D eigenvalue weighted by Crippen LogP contribution is -2.11. The number of hydrogen-bond donors (Lipinski definition) is 1. The van der Waals surface area contributed by atoms with Gasteiger partial charge in [0.1, 0.15) is 5.75 Å². The van der Waals surface area contributed by atoms with Crippen LogP contribution in [-0.2, 0) is 0 Å². The van der Waals surface area contributed by atoms with E-state index in [1.54, 1.807) is 11.3 Å². The van der Waals surface area contributed by atoms with Gasteiger partial charge in [0, 0.05) is 15.5 Å². The molecule has 0 aliphatic rings. The molecule has 0 spiro atoms. The third-order valence-corrected chi connectivity index (χ3v) is 4.60. The molecule has 5 heteroatoms. The van der Waals surface area contributed by atoms with Crippen LogP contribution in [0.5, 0.6) is 5.75 Å². The number of ether oxygens (including phenoxy) is 1. The summed E-state index contributed by atoms with van der Waals surface area (Å²) < 4.78 is 7.79. The summed E-state index contributed by atoms with van der Waals surface area (Å²) in [5.74, 6) is 0.802. The Balaban J connectivity index is 0.00000176. The van der Waals surface area contributed by atoms with E-state index in [1.807, 2.05) is 49.5 Å². The fourth-order valence-corrected chi connectivity index (χ4v) is 3.48. The molecule has 3 aromatic rings. The van der Waals surface area contributed by atoms with Crippen molar-refractivity contribution in [1.29, 1.82) is 0 Å². The summed E-state index contributed by atoms with van der Waals surface area (Å²) in [6, 6.07) is 13.4. The molecule has 3 nitrogen and oxygen atoms in total. The molecule has 0 saturated heterocycles. The van der Waals surface area contributed by atoms with Crippen molar-refractivity contribution in [3.63, 3.8) is 0 Å². The number of benzene rings is 2. The first-order chi connectivity index (χ1) is 10.3. The highest BCUT2D eigenvalue weighted by molar-refractivity contribution is 7.24. The fourth-order valence-electron chi connectivity index (χ4n) is 2.34. The van der Waals surface area contributed by atoms with Crippen molar-refractivity contribution in [3.05, 3.63) is 52.7 Å². The summed E-state index contributed by atoms with van der Waals surface area (Å²) in [5, 5.41) is 4.62. The summed E-state index contributed by atoms with van der Waals surface area (Å²) in [5.41, 5.74) is 0.0834. The van der Waals surface area contributed by atoms with Crippen molar-refractivity contribution in [3.8, 4) is 5.75 Å². The van der Waals surface area contributed by atoms with Gasteiger partial charge in [0.2, 0.25) is 0 Å². The minimum Gasteiger partial charge on any atom is -0.492 e. The van der Waals surface area contributed by atoms with Crippen LogP contribution in [0, 0.1) is 0 Å². The van der Waals surface area contributed by atoms with E-state index in [2.05, 4.69) is 5.32 Å². The van der Waals surface area contributed by atoms with Gasteiger partial charge in [-0.15, -0.1) is 23.7 Å². The maximum atomic E-state index is 12.6. The molecule has 0 radical (unpaired) electrons. The molecule has 116 valence electrons. The minimum absolute atomic E-state index is 0. The molecule has 0 fully saturated rings. The van der Waals surface area contributed by atoms with Gasteiger partial charge >= 0.3 is 0 Å². The lowest BCUT2D eigenvalue weighted by molar-refractivity contribution is 0.314. The summed E-state index contributed by atoms with van der Waals surface area (Å²) in [6.07, 6.45) is 0.940. The molecule has 0 bridgehead atoms. The number of nitrogens with one attached hydrogen (secondary N) is 1. The van der Waals surface area contributed by atoms with Gasteiger partial charge in [-0.25, -0.2) is 0 Å². The Morgan fingerprint density at radius 2 is 1.86 bits per heavy atom. The SMILES string of the molecule is CNCCCOc1cccc2c(=O)c3ccccc3sc12.Cl. The van der Waals surface area contributed by atoms with Gasteiger partial charge in [-0.2, -0.15) is 0 Å². The lowest BCUT2D eigenvalue weighted by Gasteiger charge is -2.09. The van der Waals surface area contributed by atoms with Crippen molar-refractivity contribution in [2.24, 2.45) is 0 Å². The molecule has 0 aliphatic heterocycles. The van der Waals surface area contributed by atoms with Gasteiger partial charge in [0.25, 0.3) is 0 Å². The largest absolute Gasteiger partial charge is 0.492 e. The molecule has 0 aliphatic carbocycles. The summed E-state index contributed by atoms with van der Waals surface area (Å²) >= 11 is 1.62. The first kappa shape index (κ1) is 16.7. The highest BCUT2D eigenvalue weighted by Crippen LogP contribution is 2.31. The zero-order valence-electron chi connectivity index (χ0n) is 12.3. The van der Waals surface area contributed by atoms with Crippen molar-refractivity contribution in [2.45, 2.75) is 6.42 Å². The Morgan fingerprint density at radius 1 is 1.09 bits per heavy atom. The van der Waals surface area contributed by atoms with Crippen LogP contribution in [-0.4, -0.2) is 20.2 Å². The first-order valence-electron chi connectivity index (χ1n) is 7.03. The molecule has 3 rings (SSSR count). The van der Waals surface area contributed by atoms with Crippen molar-refractivity contribution in [2.75, 3.05) is 20.2 Å². The molecule has 0 amide bonds. The molecule has 2 aromatic carbocycles. The van der Waals surface area contributed by atoms with Crippen LogP contribution in [0.4, 0.5) is 0 Å². The van der Waals surface area contributed by atoms with E-state index in [4.69, 9.17) is 4.74 Å². The average Bonchev–Trinajstić information content (AvgIpc) is 2.52. The van der Waals surface area contributed by atoms with E-state index < -0.39 is 0 Å². The van der Waals surface area contributed by atoms with Gasteiger partial charge in [-0.05, 0) is 44.3 Å². The zero-order chi connectivity index (χ0) is 14.7. The third kappa shape index (κ3) is 3.24. The summed E-state index contributed by atoms with van der Waals surface area (Å²) in [7, 11) is 1.93. The summed E-state index contributed by atoms with van der Waals surface area (Å²) in [4.78, 5) is 12.6. The molecule has 1 aromatic heterocycles. The quantitative estimate of drug-likeness (QED) is 0.569. The molecule has 0 atom stereocenters. The van der Waals surface area contributed by atoms with E-state index in [-0.39, 0.29) is 17.8 Å². The molecular formula is C17H18ClNO2S. The Kier molecular flexibility index (Phi) is 5.77. The van der Waals surface area contributed by atoms with E-state index in [9.17, 15) is 4.79 Å². The van der Waals surface area contributed by atoms with Crippen LogP contribution >= 0.6 is 23.7 Å². The number of rotatable bonds is 5. The van der Waals surface area contributed by atoms with Crippen LogP contribution in [0.1, 0.15) is 6.42 Å². The van der Waals surface area contributed by atoms with Crippen molar-refractivity contribution >= 4 is 43.9 Å². The molecule has 1 heterocycles.